The van der Waals surface area contributed by atoms with Crippen LogP contribution in [-0.2, 0) is 0 Å². The van der Waals surface area contributed by atoms with E-state index in [1.54, 1.807) is 0 Å². The van der Waals surface area contributed by atoms with Crippen LogP contribution in [0.1, 0.15) is 0 Å². The van der Waals surface area contributed by atoms with Crippen molar-refractivity contribution in [2.24, 2.45) is 0 Å². The average molecular weight is 268 g/mol. The molecule has 0 aliphatic rings. The van der Waals surface area contributed by atoms with Gasteiger partial charge in [0.15, 0.2) is 11.5 Å². The van der Waals surface area contributed by atoms with Crippen LogP contribution in [0.5, 0.6) is 40.2 Å². The van der Waals surface area contributed by atoms with Gasteiger partial charge in [0.1, 0.15) is 23.0 Å². The van der Waals surface area contributed by atoms with Gasteiger partial charge in [0.05, 0.1) is 0 Å². The van der Waals surface area contributed by atoms with Crippen LogP contribution in [0, 0.1) is 0 Å². The quantitative estimate of drug-likeness (QED) is 0.282. The molecule has 0 bridgehead atoms. The number of benzene rings is 2. The minimum Gasteiger partial charge on any atom is -0.508 e. The van der Waals surface area contributed by atoms with E-state index in [2.05, 4.69) is 0 Å². The van der Waals surface area contributed by atoms with Gasteiger partial charge in [0, 0.05) is 30.3 Å². The van der Waals surface area contributed by atoms with Gasteiger partial charge in [-0.25, -0.2) is 0 Å². The highest BCUT2D eigenvalue weighted by Gasteiger charge is 2.05. The maximum absolute atomic E-state index is 8.72. The van der Waals surface area contributed by atoms with E-state index >= 15 is 0 Å². The van der Waals surface area contributed by atoms with Gasteiger partial charge in [-0.05, 0) is 0 Å². The minimum atomic E-state index is -0.627. The Balaban J connectivity index is 0.000000191. The van der Waals surface area contributed by atoms with Crippen LogP contribution < -0.4 is 0 Å². The van der Waals surface area contributed by atoms with Gasteiger partial charge < -0.3 is 35.7 Å². The zero-order valence-electron chi connectivity index (χ0n) is 9.52. The Morgan fingerprint density at radius 1 is 0.421 bits per heavy atom. The maximum atomic E-state index is 8.72. The van der Waals surface area contributed by atoms with Gasteiger partial charge in [-0.1, -0.05) is 0 Å². The molecule has 0 aromatic heterocycles. The van der Waals surface area contributed by atoms with E-state index in [0.29, 0.717) is 0 Å². The summed E-state index contributed by atoms with van der Waals surface area (Å²) in [4.78, 5) is 0. The van der Waals surface area contributed by atoms with Crippen LogP contribution in [0.15, 0.2) is 30.3 Å². The fraction of sp³-hybridized carbons (Fsp3) is 0. The molecular weight excluding hydrogens is 256 g/mol. The van der Waals surface area contributed by atoms with Crippen molar-refractivity contribution in [3.8, 4) is 40.2 Å². The van der Waals surface area contributed by atoms with E-state index < -0.39 is 17.2 Å². The number of hydrogen-bond acceptors (Lipinski definition) is 7. The van der Waals surface area contributed by atoms with Crippen molar-refractivity contribution < 1.29 is 35.7 Å². The standard InChI is InChI=1S/C6H6O4.C6H6O3/c7-3-1-4(8)6(10)5(9)2-3;7-4-1-5(8)3-6(9)2-4/h1-2,7-10H;1-3,7-9H. The Bertz CT molecular complexity index is 507. The van der Waals surface area contributed by atoms with Gasteiger partial charge in [-0.15, -0.1) is 0 Å². The van der Waals surface area contributed by atoms with Crippen LogP contribution in [0.25, 0.3) is 0 Å². The van der Waals surface area contributed by atoms with E-state index in [-0.39, 0.29) is 23.0 Å². The van der Waals surface area contributed by atoms with E-state index in [9.17, 15) is 0 Å². The molecule has 102 valence electrons. The molecule has 0 radical (unpaired) electrons. The summed E-state index contributed by atoms with van der Waals surface area (Å²) < 4.78 is 0. The van der Waals surface area contributed by atoms with Gasteiger partial charge >= 0.3 is 0 Å². The molecule has 0 saturated carbocycles. The molecule has 2 aromatic carbocycles. The minimum absolute atomic E-state index is 0.146. The molecule has 0 heterocycles. The lowest BCUT2D eigenvalue weighted by atomic mass is 10.3. The lowest BCUT2D eigenvalue weighted by Gasteiger charge is -1.99. The van der Waals surface area contributed by atoms with Crippen LogP contribution in [0.2, 0.25) is 0 Å². The highest BCUT2D eigenvalue weighted by Crippen LogP contribution is 2.37. The molecule has 0 aliphatic heterocycles. The Kier molecular flexibility index (Phi) is 4.15. The van der Waals surface area contributed by atoms with Gasteiger partial charge in [0.2, 0.25) is 5.75 Å². The molecular formula is C12H12O7. The lowest BCUT2D eigenvalue weighted by Crippen LogP contribution is -1.70. The number of phenols is 7. The van der Waals surface area contributed by atoms with E-state index in [1.165, 1.54) is 0 Å². The third-order valence-corrected chi connectivity index (χ3v) is 1.94. The SMILES string of the molecule is Oc1cc(O)c(O)c(O)c1.Oc1cc(O)cc(O)c1. The molecule has 0 unspecified atom stereocenters. The fourth-order valence-corrected chi connectivity index (χ4v) is 1.17. The highest BCUT2D eigenvalue weighted by molar-refractivity contribution is 5.52. The van der Waals surface area contributed by atoms with E-state index in [4.69, 9.17) is 35.7 Å². The second-order valence-electron chi connectivity index (χ2n) is 3.54. The molecule has 2 aromatic rings. The summed E-state index contributed by atoms with van der Waals surface area (Å²) in [5.74, 6) is -2.45. The first-order valence-corrected chi connectivity index (χ1v) is 4.95. The molecule has 0 spiro atoms. The average Bonchev–Trinajstić information content (AvgIpc) is 2.24. The van der Waals surface area contributed by atoms with E-state index in [1.807, 2.05) is 0 Å². The highest BCUT2D eigenvalue weighted by atomic mass is 16.3. The zero-order valence-corrected chi connectivity index (χ0v) is 9.52. The third kappa shape index (κ3) is 4.08. The predicted molar refractivity (Wildman–Crippen MR) is 64.5 cm³/mol. The van der Waals surface area contributed by atoms with Crippen molar-refractivity contribution in [2.75, 3.05) is 0 Å². The summed E-state index contributed by atoms with van der Waals surface area (Å²) in [5, 5.41) is 60.9. The molecule has 7 N–H and O–H groups in total. The summed E-state index contributed by atoms with van der Waals surface area (Å²) in [7, 11) is 0. The third-order valence-electron chi connectivity index (χ3n) is 1.94. The van der Waals surface area contributed by atoms with Crippen molar-refractivity contribution in [3.63, 3.8) is 0 Å². The first kappa shape index (κ1) is 14.1. The normalized spacial score (nSPS) is 9.47. The van der Waals surface area contributed by atoms with Crippen molar-refractivity contribution in [1.29, 1.82) is 0 Å². The number of hydrogen-bond donors (Lipinski definition) is 7. The molecule has 0 amide bonds. The van der Waals surface area contributed by atoms with Crippen molar-refractivity contribution >= 4 is 0 Å². The molecule has 0 atom stereocenters. The van der Waals surface area contributed by atoms with Crippen LogP contribution in [-0.4, -0.2) is 35.7 Å². The summed E-state index contributed by atoms with van der Waals surface area (Å²) in [6.45, 7) is 0. The van der Waals surface area contributed by atoms with Gasteiger partial charge in [-0.2, -0.15) is 0 Å². The van der Waals surface area contributed by atoms with Gasteiger partial charge in [0.25, 0.3) is 0 Å². The Labute approximate surface area is 107 Å². The van der Waals surface area contributed by atoms with Crippen molar-refractivity contribution in [2.45, 2.75) is 0 Å². The second-order valence-corrected chi connectivity index (χ2v) is 3.54. The molecule has 7 nitrogen and oxygen atoms in total. The Hall–Kier alpha value is -2.96. The van der Waals surface area contributed by atoms with Crippen molar-refractivity contribution in [3.05, 3.63) is 30.3 Å². The number of aromatic hydroxyl groups is 7. The molecule has 2 rings (SSSR count). The Morgan fingerprint density at radius 3 is 1.00 bits per heavy atom. The second kappa shape index (κ2) is 5.58. The van der Waals surface area contributed by atoms with Crippen LogP contribution in [0.3, 0.4) is 0 Å². The first-order valence-electron chi connectivity index (χ1n) is 4.95. The molecule has 0 saturated heterocycles. The monoisotopic (exact) mass is 268 g/mol. The summed E-state index contributed by atoms with van der Waals surface area (Å²) in [6.07, 6.45) is 0. The fourth-order valence-electron chi connectivity index (χ4n) is 1.17. The molecule has 19 heavy (non-hydrogen) atoms. The number of phenolic OH excluding ortho intramolecular Hbond substituents is 7. The molecule has 7 heteroatoms. The van der Waals surface area contributed by atoms with Crippen molar-refractivity contribution in [1.82, 2.24) is 0 Å². The summed E-state index contributed by atoms with van der Waals surface area (Å²) in [5.41, 5.74) is 0. The van der Waals surface area contributed by atoms with Crippen LogP contribution in [0.4, 0.5) is 0 Å². The lowest BCUT2D eigenvalue weighted by molar-refractivity contribution is 0.361. The smallest absolute Gasteiger partial charge is 0.200 e. The predicted octanol–water partition coefficient (Wildman–Crippen LogP) is 1.31. The largest absolute Gasteiger partial charge is 0.508 e. The summed E-state index contributed by atoms with van der Waals surface area (Å²) >= 11 is 0. The molecule has 0 fully saturated rings. The maximum Gasteiger partial charge on any atom is 0.200 e. The Morgan fingerprint density at radius 2 is 0.684 bits per heavy atom. The van der Waals surface area contributed by atoms with E-state index in [0.717, 1.165) is 30.3 Å². The topological polar surface area (TPSA) is 142 Å². The first-order chi connectivity index (χ1) is 8.79. The molecule has 0 aliphatic carbocycles. The number of rotatable bonds is 0. The van der Waals surface area contributed by atoms with Crippen LogP contribution >= 0.6 is 0 Å². The zero-order chi connectivity index (χ0) is 14.6. The van der Waals surface area contributed by atoms with Gasteiger partial charge in [-0.3, -0.25) is 0 Å². The summed E-state index contributed by atoms with van der Waals surface area (Å²) in [6, 6.07) is 5.27.